The van der Waals surface area contributed by atoms with Gasteiger partial charge in [0, 0.05) is 39.0 Å². The molecule has 22 heavy (non-hydrogen) atoms. The zero-order valence-electron chi connectivity index (χ0n) is 13.2. The van der Waals surface area contributed by atoms with Crippen LogP contribution in [-0.4, -0.2) is 61.6 Å². The van der Waals surface area contributed by atoms with E-state index in [-0.39, 0.29) is 11.9 Å². The highest BCUT2D eigenvalue weighted by Crippen LogP contribution is 2.12. The average molecular weight is 305 g/mol. The third kappa shape index (κ3) is 4.46. The second-order valence-corrected chi connectivity index (χ2v) is 5.41. The van der Waals surface area contributed by atoms with Crippen LogP contribution in [0, 0.1) is 6.92 Å². The molecule has 0 bridgehead atoms. The summed E-state index contributed by atoms with van der Waals surface area (Å²) in [7, 11) is 1.58. The standard InChI is InChI=1S/C16H23N3O3/c1-13-4-3-5-14(12-13)17-16(21)19-9-7-18(8-10-19)15(20)6-11-22-2/h3-5,12H,6-11H2,1-2H3,(H,17,21). The van der Waals surface area contributed by atoms with E-state index >= 15 is 0 Å². The molecule has 0 spiro atoms. The van der Waals surface area contributed by atoms with Crippen LogP contribution in [0.1, 0.15) is 12.0 Å². The van der Waals surface area contributed by atoms with Gasteiger partial charge in [-0.05, 0) is 24.6 Å². The topological polar surface area (TPSA) is 61.9 Å². The quantitative estimate of drug-likeness (QED) is 0.921. The number of anilines is 1. The van der Waals surface area contributed by atoms with Gasteiger partial charge in [-0.15, -0.1) is 0 Å². The van der Waals surface area contributed by atoms with Gasteiger partial charge in [-0.2, -0.15) is 0 Å². The van der Waals surface area contributed by atoms with Gasteiger partial charge >= 0.3 is 6.03 Å². The average Bonchev–Trinajstić information content (AvgIpc) is 2.52. The van der Waals surface area contributed by atoms with Gasteiger partial charge < -0.3 is 19.9 Å². The number of urea groups is 1. The Bertz CT molecular complexity index is 525. The lowest BCUT2D eigenvalue weighted by molar-refractivity contribution is -0.133. The second-order valence-electron chi connectivity index (χ2n) is 5.41. The number of hydrogen-bond acceptors (Lipinski definition) is 3. The maximum absolute atomic E-state index is 12.2. The fourth-order valence-electron chi connectivity index (χ4n) is 2.43. The predicted molar refractivity (Wildman–Crippen MR) is 84.8 cm³/mol. The number of hydrogen-bond donors (Lipinski definition) is 1. The van der Waals surface area contributed by atoms with Crippen LogP contribution in [-0.2, 0) is 9.53 Å². The number of ether oxygens (including phenoxy) is 1. The molecule has 0 aliphatic carbocycles. The zero-order chi connectivity index (χ0) is 15.9. The maximum atomic E-state index is 12.2. The van der Waals surface area contributed by atoms with Gasteiger partial charge in [0.2, 0.25) is 5.91 Å². The Morgan fingerprint density at radius 1 is 1.18 bits per heavy atom. The van der Waals surface area contributed by atoms with Crippen molar-refractivity contribution in [2.45, 2.75) is 13.3 Å². The minimum atomic E-state index is -0.116. The molecule has 6 heteroatoms. The van der Waals surface area contributed by atoms with Gasteiger partial charge in [0.15, 0.2) is 0 Å². The number of benzene rings is 1. The molecule has 120 valence electrons. The Morgan fingerprint density at radius 2 is 1.86 bits per heavy atom. The summed E-state index contributed by atoms with van der Waals surface area (Å²) in [4.78, 5) is 27.6. The number of aryl methyl sites for hydroxylation is 1. The summed E-state index contributed by atoms with van der Waals surface area (Å²) >= 11 is 0. The Labute approximate surface area is 131 Å². The summed E-state index contributed by atoms with van der Waals surface area (Å²) in [6.45, 7) is 4.67. The van der Waals surface area contributed by atoms with Crippen LogP contribution >= 0.6 is 0 Å². The van der Waals surface area contributed by atoms with Crippen LogP contribution in [0.25, 0.3) is 0 Å². The Kier molecular flexibility index (Phi) is 5.77. The molecule has 2 rings (SSSR count). The molecular formula is C16H23N3O3. The smallest absolute Gasteiger partial charge is 0.321 e. The number of carbonyl (C=O) groups excluding carboxylic acids is 2. The van der Waals surface area contributed by atoms with E-state index in [0.29, 0.717) is 39.2 Å². The summed E-state index contributed by atoms with van der Waals surface area (Å²) in [6.07, 6.45) is 0.395. The van der Waals surface area contributed by atoms with Crippen molar-refractivity contribution in [2.75, 3.05) is 45.2 Å². The molecule has 1 heterocycles. The number of nitrogens with zero attached hydrogens (tertiary/aromatic N) is 2. The van der Waals surface area contributed by atoms with Crippen LogP contribution in [0.4, 0.5) is 10.5 Å². The van der Waals surface area contributed by atoms with Crippen LogP contribution in [0.5, 0.6) is 0 Å². The number of rotatable bonds is 4. The van der Waals surface area contributed by atoms with Gasteiger partial charge in [-0.3, -0.25) is 4.79 Å². The summed E-state index contributed by atoms with van der Waals surface area (Å²) in [5, 5.41) is 2.89. The molecule has 0 atom stereocenters. The van der Waals surface area contributed by atoms with Crippen LogP contribution < -0.4 is 5.32 Å². The molecule has 6 nitrogen and oxygen atoms in total. The van der Waals surface area contributed by atoms with Crippen LogP contribution in [0.2, 0.25) is 0 Å². The van der Waals surface area contributed by atoms with Gasteiger partial charge in [-0.25, -0.2) is 4.79 Å². The molecule has 0 unspecified atom stereocenters. The van der Waals surface area contributed by atoms with Crippen molar-refractivity contribution in [3.63, 3.8) is 0 Å². The second kappa shape index (κ2) is 7.79. The Hall–Kier alpha value is -2.08. The highest BCUT2D eigenvalue weighted by Gasteiger charge is 2.23. The molecule has 3 amide bonds. The monoisotopic (exact) mass is 305 g/mol. The molecule has 0 saturated carbocycles. The fraction of sp³-hybridized carbons (Fsp3) is 0.500. The Morgan fingerprint density at radius 3 is 2.50 bits per heavy atom. The molecule has 1 aromatic carbocycles. The summed E-state index contributed by atoms with van der Waals surface area (Å²) in [5.41, 5.74) is 1.90. The SMILES string of the molecule is COCCC(=O)N1CCN(C(=O)Nc2cccc(C)c2)CC1. The molecule has 1 aliphatic rings. The van der Waals surface area contributed by atoms with Gasteiger partial charge in [0.25, 0.3) is 0 Å². The fourth-order valence-corrected chi connectivity index (χ4v) is 2.43. The number of amides is 3. The first kappa shape index (κ1) is 16.3. The zero-order valence-corrected chi connectivity index (χ0v) is 13.2. The molecule has 1 aliphatic heterocycles. The van der Waals surface area contributed by atoms with Crippen molar-refractivity contribution in [2.24, 2.45) is 0 Å². The molecule has 0 radical (unpaired) electrons. The molecule has 1 saturated heterocycles. The number of piperazine rings is 1. The van der Waals surface area contributed by atoms with Crippen molar-refractivity contribution in [1.82, 2.24) is 9.80 Å². The van der Waals surface area contributed by atoms with E-state index in [1.165, 1.54) is 0 Å². The number of nitrogens with one attached hydrogen (secondary N) is 1. The molecule has 1 fully saturated rings. The molecule has 0 aromatic heterocycles. The van der Waals surface area contributed by atoms with E-state index in [2.05, 4.69) is 5.32 Å². The minimum Gasteiger partial charge on any atom is -0.384 e. The van der Waals surface area contributed by atoms with Crippen molar-refractivity contribution in [3.8, 4) is 0 Å². The van der Waals surface area contributed by atoms with Crippen LogP contribution in [0.15, 0.2) is 24.3 Å². The lowest BCUT2D eigenvalue weighted by Crippen LogP contribution is -2.51. The lowest BCUT2D eigenvalue weighted by atomic mass is 10.2. The highest BCUT2D eigenvalue weighted by molar-refractivity contribution is 5.89. The largest absolute Gasteiger partial charge is 0.384 e. The summed E-state index contributed by atoms with van der Waals surface area (Å²) in [6, 6.07) is 7.59. The van der Waals surface area contributed by atoms with E-state index < -0.39 is 0 Å². The van der Waals surface area contributed by atoms with Crippen molar-refractivity contribution < 1.29 is 14.3 Å². The van der Waals surface area contributed by atoms with E-state index in [4.69, 9.17) is 4.74 Å². The maximum Gasteiger partial charge on any atom is 0.321 e. The molecular weight excluding hydrogens is 282 g/mol. The minimum absolute atomic E-state index is 0.0839. The van der Waals surface area contributed by atoms with E-state index in [1.54, 1.807) is 16.9 Å². The van der Waals surface area contributed by atoms with Gasteiger partial charge in [0.1, 0.15) is 0 Å². The first-order valence-electron chi connectivity index (χ1n) is 7.49. The third-order valence-corrected chi connectivity index (χ3v) is 3.71. The van der Waals surface area contributed by atoms with Crippen molar-refractivity contribution >= 4 is 17.6 Å². The first-order valence-corrected chi connectivity index (χ1v) is 7.49. The molecule has 1 aromatic rings. The summed E-state index contributed by atoms with van der Waals surface area (Å²) in [5.74, 6) is 0.0839. The van der Waals surface area contributed by atoms with Crippen LogP contribution in [0.3, 0.4) is 0 Å². The van der Waals surface area contributed by atoms with E-state index in [9.17, 15) is 9.59 Å². The van der Waals surface area contributed by atoms with E-state index in [0.717, 1.165) is 11.3 Å². The van der Waals surface area contributed by atoms with Gasteiger partial charge in [-0.1, -0.05) is 12.1 Å². The van der Waals surface area contributed by atoms with Crippen molar-refractivity contribution in [3.05, 3.63) is 29.8 Å². The van der Waals surface area contributed by atoms with E-state index in [1.807, 2.05) is 31.2 Å². The normalized spacial score (nSPS) is 14.8. The first-order chi connectivity index (χ1) is 10.6. The molecule has 1 N–H and O–H groups in total. The predicted octanol–water partition coefficient (Wildman–Crippen LogP) is 1.71. The highest BCUT2D eigenvalue weighted by atomic mass is 16.5. The van der Waals surface area contributed by atoms with Gasteiger partial charge in [0.05, 0.1) is 13.0 Å². The Balaban J connectivity index is 1.81. The van der Waals surface area contributed by atoms with Crippen molar-refractivity contribution in [1.29, 1.82) is 0 Å². The lowest BCUT2D eigenvalue weighted by Gasteiger charge is -2.34. The third-order valence-electron chi connectivity index (χ3n) is 3.71. The number of methoxy groups -OCH3 is 1. The summed E-state index contributed by atoms with van der Waals surface area (Å²) < 4.78 is 4.92. The number of carbonyl (C=O) groups is 2.